The van der Waals surface area contributed by atoms with E-state index < -0.39 is 5.97 Å². The lowest BCUT2D eigenvalue weighted by molar-refractivity contribution is 0.0734. The SMILES string of the molecule is COCCOc1ccc(C(=O)Oc2ccc(C)c(C)c2)cc1Br. The Morgan fingerprint density at radius 3 is 2.48 bits per heavy atom. The minimum Gasteiger partial charge on any atom is -0.490 e. The van der Waals surface area contributed by atoms with Gasteiger partial charge in [0, 0.05) is 7.11 Å². The van der Waals surface area contributed by atoms with Crippen LogP contribution in [0.2, 0.25) is 0 Å². The highest BCUT2D eigenvalue weighted by Gasteiger charge is 2.12. The van der Waals surface area contributed by atoms with E-state index in [2.05, 4.69) is 15.9 Å². The van der Waals surface area contributed by atoms with E-state index in [4.69, 9.17) is 14.2 Å². The van der Waals surface area contributed by atoms with Gasteiger partial charge in [-0.15, -0.1) is 0 Å². The Kier molecular flexibility index (Phi) is 6.19. The quantitative estimate of drug-likeness (QED) is 0.426. The molecule has 0 N–H and O–H groups in total. The maximum atomic E-state index is 12.2. The van der Waals surface area contributed by atoms with Crippen LogP contribution >= 0.6 is 15.9 Å². The molecule has 23 heavy (non-hydrogen) atoms. The second-order valence-corrected chi connectivity index (χ2v) is 5.98. The van der Waals surface area contributed by atoms with Crippen LogP contribution in [0.3, 0.4) is 0 Å². The predicted octanol–water partition coefficient (Wildman–Crippen LogP) is 4.31. The standard InChI is InChI=1S/C18H19BrO4/c1-12-4-6-15(10-13(12)2)23-18(20)14-5-7-17(16(19)11-14)22-9-8-21-3/h4-7,10-11H,8-9H2,1-3H3. The Morgan fingerprint density at radius 1 is 1.04 bits per heavy atom. The number of hydrogen-bond donors (Lipinski definition) is 0. The van der Waals surface area contributed by atoms with Crippen LogP contribution in [-0.4, -0.2) is 26.3 Å². The molecule has 0 fully saturated rings. The third-order valence-electron chi connectivity index (χ3n) is 3.40. The number of aryl methyl sites for hydroxylation is 2. The summed E-state index contributed by atoms with van der Waals surface area (Å²) in [7, 11) is 1.62. The highest BCUT2D eigenvalue weighted by Crippen LogP contribution is 2.27. The van der Waals surface area contributed by atoms with Gasteiger partial charge in [-0.05, 0) is 71.2 Å². The summed E-state index contributed by atoms with van der Waals surface area (Å²) in [5.74, 6) is 0.789. The van der Waals surface area contributed by atoms with E-state index in [1.54, 1.807) is 31.4 Å². The van der Waals surface area contributed by atoms with Gasteiger partial charge < -0.3 is 14.2 Å². The molecule has 0 heterocycles. The molecular weight excluding hydrogens is 360 g/mol. The zero-order chi connectivity index (χ0) is 16.8. The van der Waals surface area contributed by atoms with Crippen LogP contribution in [0.25, 0.3) is 0 Å². The fraction of sp³-hybridized carbons (Fsp3) is 0.278. The molecule has 0 saturated heterocycles. The maximum Gasteiger partial charge on any atom is 0.343 e. The molecule has 0 aliphatic rings. The van der Waals surface area contributed by atoms with Crippen molar-refractivity contribution in [1.29, 1.82) is 0 Å². The molecule has 0 aliphatic carbocycles. The van der Waals surface area contributed by atoms with Crippen molar-refractivity contribution in [2.75, 3.05) is 20.3 Å². The number of carbonyl (C=O) groups excluding carboxylic acids is 1. The molecule has 5 heteroatoms. The highest BCUT2D eigenvalue weighted by atomic mass is 79.9. The fourth-order valence-electron chi connectivity index (χ4n) is 1.92. The Hall–Kier alpha value is -1.85. The van der Waals surface area contributed by atoms with Crippen molar-refractivity contribution in [3.63, 3.8) is 0 Å². The average Bonchev–Trinajstić information content (AvgIpc) is 2.52. The van der Waals surface area contributed by atoms with Gasteiger partial charge in [-0.2, -0.15) is 0 Å². The normalized spacial score (nSPS) is 10.4. The molecule has 0 amide bonds. The summed E-state index contributed by atoms with van der Waals surface area (Å²) in [6, 6.07) is 10.7. The number of esters is 1. The van der Waals surface area contributed by atoms with Crippen LogP contribution in [-0.2, 0) is 4.74 Å². The first-order chi connectivity index (χ1) is 11.0. The molecule has 0 atom stereocenters. The van der Waals surface area contributed by atoms with E-state index in [1.165, 1.54) is 0 Å². The van der Waals surface area contributed by atoms with Gasteiger partial charge in [-0.3, -0.25) is 0 Å². The number of methoxy groups -OCH3 is 1. The largest absolute Gasteiger partial charge is 0.490 e. The first kappa shape index (κ1) is 17.5. The Balaban J connectivity index is 2.07. The fourth-order valence-corrected chi connectivity index (χ4v) is 2.42. The van der Waals surface area contributed by atoms with Crippen LogP contribution in [0, 0.1) is 13.8 Å². The average molecular weight is 379 g/mol. The third-order valence-corrected chi connectivity index (χ3v) is 4.02. The molecule has 2 aromatic rings. The maximum absolute atomic E-state index is 12.2. The molecule has 4 nitrogen and oxygen atoms in total. The molecule has 0 aliphatic heterocycles. The minimum atomic E-state index is -0.405. The monoisotopic (exact) mass is 378 g/mol. The summed E-state index contributed by atoms with van der Waals surface area (Å²) in [4.78, 5) is 12.2. The van der Waals surface area contributed by atoms with Crippen molar-refractivity contribution >= 4 is 21.9 Å². The van der Waals surface area contributed by atoms with E-state index in [1.807, 2.05) is 26.0 Å². The second-order valence-electron chi connectivity index (χ2n) is 5.12. The van der Waals surface area contributed by atoms with Crippen molar-refractivity contribution in [3.8, 4) is 11.5 Å². The Morgan fingerprint density at radius 2 is 1.83 bits per heavy atom. The second kappa shape index (κ2) is 8.13. The summed E-state index contributed by atoms with van der Waals surface area (Å²) in [6.45, 7) is 4.94. The summed E-state index contributed by atoms with van der Waals surface area (Å²) < 4.78 is 16.6. The predicted molar refractivity (Wildman–Crippen MR) is 92.4 cm³/mol. The van der Waals surface area contributed by atoms with Gasteiger partial charge in [0.25, 0.3) is 0 Å². The van der Waals surface area contributed by atoms with Crippen LogP contribution in [0.1, 0.15) is 21.5 Å². The molecule has 0 radical (unpaired) electrons. The van der Waals surface area contributed by atoms with Crippen molar-refractivity contribution in [2.45, 2.75) is 13.8 Å². The van der Waals surface area contributed by atoms with Crippen LogP contribution in [0.5, 0.6) is 11.5 Å². The smallest absolute Gasteiger partial charge is 0.343 e. The Bertz CT molecular complexity index is 697. The zero-order valence-corrected chi connectivity index (χ0v) is 15.0. The van der Waals surface area contributed by atoms with Crippen molar-refractivity contribution in [2.24, 2.45) is 0 Å². The van der Waals surface area contributed by atoms with E-state index in [-0.39, 0.29) is 0 Å². The Labute approximate surface area is 144 Å². The van der Waals surface area contributed by atoms with E-state index in [9.17, 15) is 4.79 Å². The minimum absolute atomic E-state index is 0.405. The van der Waals surface area contributed by atoms with Gasteiger partial charge in [0.05, 0.1) is 16.6 Å². The molecule has 0 saturated carbocycles. The van der Waals surface area contributed by atoms with Crippen LogP contribution < -0.4 is 9.47 Å². The number of rotatable bonds is 6. The highest BCUT2D eigenvalue weighted by molar-refractivity contribution is 9.10. The molecule has 2 rings (SSSR count). The van der Waals surface area contributed by atoms with E-state index >= 15 is 0 Å². The molecular formula is C18H19BrO4. The summed E-state index contributed by atoms with van der Waals surface area (Å²) >= 11 is 3.40. The van der Waals surface area contributed by atoms with E-state index in [0.29, 0.717) is 34.7 Å². The molecule has 0 aromatic heterocycles. The molecule has 0 unspecified atom stereocenters. The van der Waals surface area contributed by atoms with E-state index in [0.717, 1.165) is 11.1 Å². The van der Waals surface area contributed by atoms with Gasteiger partial charge in [-0.1, -0.05) is 6.07 Å². The molecule has 0 bridgehead atoms. The molecule has 2 aromatic carbocycles. The third kappa shape index (κ3) is 4.81. The topological polar surface area (TPSA) is 44.8 Å². The van der Waals surface area contributed by atoms with Gasteiger partial charge in [-0.25, -0.2) is 4.79 Å². The number of halogens is 1. The summed E-state index contributed by atoms with van der Waals surface area (Å²) in [5.41, 5.74) is 2.69. The lowest BCUT2D eigenvalue weighted by atomic mass is 10.1. The van der Waals surface area contributed by atoms with Crippen molar-refractivity contribution in [1.82, 2.24) is 0 Å². The van der Waals surface area contributed by atoms with Gasteiger partial charge >= 0.3 is 5.97 Å². The number of hydrogen-bond acceptors (Lipinski definition) is 4. The number of benzene rings is 2. The zero-order valence-electron chi connectivity index (χ0n) is 13.4. The number of carbonyl (C=O) groups is 1. The van der Waals surface area contributed by atoms with Gasteiger partial charge in [0.1, 0.15) is 18.1 Å². The van der Waals surface area contributed by atoms with Gasteiger partial charge in [0.2, 0.25) is 0 Å². The summed E-state index contributed by atoms with van der Waals surface area (Å²) in [5, 5.41) is 0. The lowest BCUT2D eigenvalue weighted by Crippen LogP contribution is -2.09. The number of ether oxygens (including phenoxy) is 3. The first-order valence-electron chi connectivity index (χ1n) is 7.22. The van der Waals surface area contributed by atoms with Crippen molar-refractivity contribution in [3.05, 3.63) is 57.6 Å². The first-order valence-corrected chi connectivity index (χ1v) is 8.01. The van der Waals surface area contributed by atoms with Gasteiger partial charge in [0.15, 0.2) is 0 Å². The van der Waals surface area contributed by atoms with Crippen LogP contribution in [0.15, 0.2) is 40.9 Å². The molecule has 0 spiro atoms. The molecule has 122 valence electrons. The van der Waals surface area contributed by atoms with Crippen molar-refractivity contribution < 1.29 is 19.0 Å². The summed E-state index contributed by atoms with van der Waals surface area (Å²) in [6.07, 6.45) is 0. The lowest BCUT2D eigenvalue weighted by Gasteiger charge is -2.10. The van der Waals surface area contributed by atoms with Crippen LogP contribution in [0.4, 0.5) is 0 Å².